The van der Waals surface area contributed by atoms with E-state index in [0.29, 0.717) is 36.8 Å². The van der Waals surface area contributed by atoms with E-state index in [1.165, 1.54) is 24.3 Å². The van der Waals surface area contributed by atoms with E-state index in [-0.39, 0.29) is 10.8 Å². The first-order chi connectivity index (χ1) is 12.2. The maximum absolute atomic E-state index is 12.5. The van der Waals surface area contributed by atoms with Gasteiger partial charge >= 0.3 is 0 Å². The molecule has 0 fully saturated rings. The number of amides is 1. The van der Waals surface area contributed by atoms with Gasteiger partial charge in [-0.05, 0) is 43.5 Å². The van der Waals surface area contributed by atoms with E-state index >= 15 is 0 Å². The van der Waals surface area contributed by atoms with Crippen molar-refractivity contribution in [3.63, 3.8) is 0 Å². The molecule has 0 saturated carbocycles. The molecule has 2 aromatic rings. The highest BCUT2D eigenvalue weighted by atomic mass is 32.2. The average Bonchev–Trinajstić information content (AvgIpc) is 2.92. The van der Waals surface area contributed by atoms with Gasteiger partial charge in [0, 0.05) is 24.2 Å². The lowest BCUT2D eigenvalue weighted by Crippen LogP contribution is -2.24. The molecule has 0 saturated heterocycles. The molecule has 142 valence electrons. The van der Waals surface area contributed by atoms with Crippen LogP contribution in [-0.2, 0) is 16.6 Å². The van der Waals surface area contributed by atoms with Gasteiger partial charge in [-0.3, -0.25) is 4.79 Å². The van der Waals surface area contributed by atoms with Crippen LogP contribution < -0.4 is 10.0 Å². The molecule has 2 N–H and O–H groups in total. The Morgan fingerprint density at radius 2 is 1.88 bits per heavy atom. The van der Waals surface area contributed by atoms with E-state index in [1.54, 1.807) is 10.9 Å². The number of benzene rings is 1. The molecular weight excluding hydrogens is 352 g/mol. The third-order valence-corrected chi connectivity index (χ3v) is 5.24. The number of carbonyl (C=O) groups excluding carboxylic acids is 1. The highest BCUT2D eigenvalue weighted by Crippen LogP contribution is 2.18. The standard InChI is InChI=1S/C18H26N4O3S/c1-5-10-20-26(24,25)16-8-6-15(7-9-16)18(23)21-17-14(4)11-19-22(17)12-13(2)3/h6-9,11,13,20H,5,10,12H2,1-4H3,(H,21,23). The molecule has 0 radical (unpaired) electrons. The third-order valence-electron chi connectivity index (χ3n) is 3.76. The summed E-state index contributed by atoms with van der Waals surface area (Å²) < 4.78 is 28.5. The minimum absolute atomic E-state index is 0.142. The third kappa shape index (κ3) is 4.92. The molecule has 1 amide bonds. The molecule has 1 heterocycles. The summed E-state index contributed by atoms with van der Waals surface area (Å²) >= 11 is 0. The molecule has 0 aliphatic carbocycles. The number of nitrogens with one attached hydrogen (secondary N) is 2. The molecule has 7 nitrogen and oxygen atoms in total. The maximum atomic E-state index is 12.5. The normalized spacial score (nSPS) is 11.7. The van der Waals surface area contributed by atoms with Crippen LogP contribution in [-0.4, -0.2) is 30.7 Å². The van der Waals surface area contributed by atoms with Crippen molar-refractivity contribution in [3.05, 3.63) is 41.6 Å². The molecule has 0 spiro atoms. The average molecular weight is 378 g/mol. The Labute approximate surface area is 154 Å². The number of carbonyl (C=O) groups is 1. The van der Waals surface area contributed by atoms with Gasteiger partial charge in [-0.1, -0.05) is 20.8 Å². The molecule has 0 bridgehead atoms. The van der Waals surface area contributed by atoms with Gasteiger partial charge in [-0.2, -0.15) is 5.10 Å². The molecule has 1 aromatic carbocycles. The van der Waals surface area contributed by atoms with Crippen LogP contribution in [0.5, 0.6) is 0 Å². The number of nitrogens with zero attached hydrogens (tertiary/aromatic N) is 2. The predicted octanol–water partition coefficient (Wildman–Crippen LogP) is 2.79. The summed E-state index contributed by atoms with van der Waals surface area (Å²) in [6.07, 6.45) is 2.43. The lowest BCUT2D eigenvalue weighted by Gasteiger charge is -2.12. The largest absolute Gasteiger partial charge is 0.307 e. The highest BCUT2D eigenvalue weighted by Gasteiger charge is 2.16. The van der Waals surface area contributed by atoms with Gasteiger partial charge < -0.3 is 5.32 Å². The number of sulfonamides is 1. The molecule has 0 aliphatic rings. The van der Waals surface area contributed by atoms with Crippen LogP contribution in [0.2, 0.25) is 0 Å². The Bertz CT molecular complexity index is 855. The minimum atomic E-state index is -3.54. The zero-order valence-electron chi connectivity index (χ0n) is 15.6. The Kier molecular flexibility index (Phi) is 6.55. The molecule has 1 aromatic heterocycles. The number of hydrogen-bond acceptors (Lipinski definition) is 4. The lowest BCUT2D eigenvalue weighted by atomic mass is 10.2. The Morgan fingerprint density at radius 3 is 2.46 bits per heavy atom. The van der Waals surface area contributed by atoms with E-state index in [4.69, 9.17) is 0 Å². The van der Waals surface area contributed by atoms with Crippen LogP contribution in [0.1, 0.15) is 43.1 Å². The smallest absolute Gasteiger partial charge is 0.256 e. The summed E-state index contributed by atoms with van der Waals surface area (Å²) in [6.45, 7) is 9.01. The molecule has 26 heavy (non-hydrogen) atoms. The van der Waals surface area contributed by atoms with E-state index in [1.807, 2.05) is 13.8 Å². The first kappa shape index (κ1) is 20.1. The van der Waals surface area contributed by atoms with Gasteiger partial charge in [0.1, 0.15) is 5.82 Å². The van der Waals surface area contributed by atoms with Crippen molar-refractivity contribution in [2.24, 2.45) is 5.92 Å². The first-order valence-corrected chi connectivity index (χ1v) is 10.2. The Balaban J connectivity index is 2.15. The van der Waals surface area contributed by atoms with Crippen molar-refractivity contribution in [1.82, 2.24) is 14.5 Å². The van der Waals surface area contributed by atoms with E-state index in [9.17, 15) is 13.2 Å². The first-order valence-electron chi connectivity index (χ1n) is 8.68. The summed E-state index contributed by atoms with van der Waals surface area (Å²) in [4.78, 5) is 12.7. The van der Waals surface area contributed by atoms with Crippen LogP contribution in [0.4, 0.5) is 5.82 Å². The van der Waals surface area contributed by atoms with Crippen molar-refractivity contribution < 1.29 is 13.2 Å². The van der Waals surface area contributed by atoms with Gasteiger partial charge in [-0.15, -0.1) is 0 Å². The molecule has 0 atom stereocenters. The van der Waals surface area contributed by atoms with Crippen LogP contribution >= 0.6 is 0 Å². The number of aromatic nitrogens is 2. The minimum Gasteiger partial charge on any atom is -0.307 e. The van der Waals surface area contributed by atoms with Crippen LogP contribution in [0.25, 0.3) is 0 Å². The molecule has 0 aliphatic heterocycles. The fraction of sp³-hybridized carbons (Fsp3) is 0.444. The summed E-state index contributed by atoms with van der Waals surface area (Å²) in [7, 11) is -3.54. The molecule has 2 rings (SSSR count). The van der Waals surface area contributed by atoms with Crippen molar-refractivity contribution in [1.29, 1.82) is 0 Å². The second kappa shape index (κ2) is 8.46. The van der Waals surface area contributed by atoms with Gasteiger partial charge in [0.2, 0.25) is 10.0 Å². The number of rotatable bonds is 8. The SMILES string of the molecule is CCCNS(=O)(=O)c1ccc(C(=O)Nc2c(C)cnn2CC(C)C)cc1. The van der Waals surface area contributed by atoms with Gasteiger partial charge in [0.15, 0.2) is 0 Å². The van der Waals surface area contributed by atoms with Crippen molar-refractivity contribution in [2.75, 3.05) is 11.9 Å². The van der Waals surface area contributed by atoms with Crippen LogP contribution in [0, 0.1) is 12.8 Å². The lowest BCUT2D eigenvalue weighted by molar-refractivity contribution is 0.102. The number of aryl methyl sites for hydroxylation is 1. The van der Waals surface area contributed by atoms with E-state index in [2.05, 4.69) is 29.0 Å². The summed E-state index contributed by atoms with van der Waals surface area (Å²) in [5.74, 6) is 0.749. The summed E-state index contributed by atoms with van der Waals surface area (Å²) in [5, 5.41) is 7.16. The fourth-order valence-electron chi connectivity index (χ4n) is 2.41. The number of hydrogen-bond donors (Lipinski definition) is 2. The maximum Gasteiger partial charge on any atom is 0.256 e. The predicted molar refractivity (Wildman–Crippen MR) is 102 cm³/mol. The van der Waals surface area contributed by atoms with Crippen molar-refractivity contribution in [3.8, 4) is 0 Å². The zero-order chi connectivity index (χ0) is 19.3. The molecule has 8 heteroatoms. The van der Waals surface area contributed by atoms with Crippen molar-refractivity contribution in [2.45, 2.75) is 45.6 Å². The Hall–Kier alpha value is -2.19. The quantitative estimate of drug-likeness (QED) is 0.739. The zero-order valence-corrected chi connectivity index (χ0v) is 16.4. The van der Waals surface area contributed by atoms with E-state index < -0.39 is 10.0 Å². The monoisotopic (exact) mass is 378 g/mol. The second-order valence-corrected chi connectivity index (χ2v) is 8.40. The van der Waals surface area contributed by atoms with Gasteiger partial charge in [0.05, 0.1) is 11.1 Å². The molecular formula is C18H26N4O3S. The highest BCUT2D eigenvalue weighted by molar-refractivity contribution is 7.89. The number of anilines is 1. The Morgan fingerprint density at radius 1 is 1.23 bits per heavy atom. The van der Waals surface area contributed by atoms with Gasteiger partial charge in [-0.25, -0.2) is 17.8 Å². The summed E-state index contributed by atoms with van der Waals surface area (Å²) in [6, 6.07) is 5.89. The van der Waals surface area contributed by atoms with Crippen LogP contribution in [0.15, 0.2) is 35.4 Å². The summed E-state index contributed by atoms with van der Waals surface area (Å²) in [5.41, 5.74) is 1.26. The van der Waals surface area contributed by atoms with E-state index in [0.717, 1.165) is 5.56 Å². The molecule has 0 unspecified atom stereocenters. The van der Waals surface area contributed by atoms with Gasteiger partial charge in [0.25, 0.3) is 5.91 Å². The topological polar surface area (TPSA) is 93.1 Å². The van der Waals surface area contributed by atoms with Crippen molar-refractivity contribution >= 4 is 21.7 Å². The second-order valence-electron chi connectivity index (χ2n) is 6.63. The fourth-order valence-corrected chi connectivity index (χ4v) is 3.54. The van der Waals surface area contributed by atoms with Crippen LogP contribution in [0.3, 0.4) is 0 Å².